The Hall–Kier alpha value is -2.05. The molecule has 0 bridgehead atoms. The molecule has 0 saturated carbocycles. The van der Waals surface area contributed by atoms with Crippen molar-refractivity contribution in [2.24, 2.45) is 0 Å². The lowest BCUT2D eigenvalue weighted by Crippen LogP contribution is -2.00. The van der Waals surface area contributed by atoms with Crippen molar-refractivity contribution >= 4 is 23.0 Å². The van der Waals surface area contributed by atoms with Crippen LogP contribution in [0.5, 0.6) is 0 Å². The van der Waals surface area contributed by atoms with Crippen molar-refractivity contribution in [3.8, 4) is 6.07 Å². The number of nitrogens with zero attached hydrogens (tertiary/aromatic N) is 2. The molecule has 1 heterocycles. The molecule has 1 aromatic heterocycles. The number of benzene rings is 1. The van der Waals surface area contributed by atoms with Crippen molar-refractivity contribution in [2.45, 2.75) is 20.8 Å². The lowest BCUT2D eigenvalue weighted by Gasteiger charge is -2.12. The zero-order valence-corrected chi connectivity index (χ0v) is 11.8. The Morgan fingerprint density at radius 2 is 1.89 bits per heavy atom. The maximum Gasteiger partial charge on any atom is 0.103 e. The Morgan fingerprint density at radius 1 is 1.16 bits per heavy atom. The highest BCUT2D eigenvalue weighted by Crippen LogP contribution is 2.29. The standard InChI is InChI=1S/C15H14ClN3/c1-9-4-5-14(13(16)6-9)19-15-7-10(2)18-11(3)12(15)8-17/h4-7H,1-3H3,(H,18,19). The second-order valence-corrected chi connectivity index (χ2v) is 4.90. The van der Waals surface area contributed by atoms with E-state index in [4.69, 9.17) is 11.6 Å². The van der Waals surface area contributed by atoms with Gasteiger partial charge in [-0.1, -0.05) is 17.7 Å². The van der Waals surface area contributed by atoms with E-state index in [2.05, 4.69) is 16.4 Å². The Kier molecular flexibility index (Phi) is 3.73. The van der Waals surface area contributed by atoms with Gasteiger partial charge in [0.15, 0.2) is 0 Å². The summed E-state index contributed by atoms with van der Waals surface area (Å²) < 4.78 is 0. The van der Waals surface area contributed by atoms with E-state index in [9.17, 15) is 5.26 Å². The zero-order chi connectivity index (χ0) is 14.0. The highest BCUT2D eigenvalue weighted by atomic mass is 35.5. The molecule has 0 unspecified atom stereocenters. The summed E-state index contributed by atoms with van der Waals surface area (Å²) >= 11 is 6.19. The maximum atomic E-state index is 9.22. The van der Waals surface area contributed by atoms with E-state index < -0.39 is 0 Å². The number of rotatable bonds is 2. The van der Waals surface area contributed by atoms with Crippen molar-refractivity contribution in [1.82, 2.24) is 4.98 Å². The molecule has 3 nitrogen and oxygen atoms in total. The molecular weight excluding hydrogens is 258 g/mol. The highest BCUT2D eigenvalue weighted by Gasteiger charge is 2.09. The van der Waals surface area contributed by atoms with E-state index in [0.29, 0.717) is 16.3 Å². The summed E-state index contributed by atoms with van der Waals surface area (Å²) in [5.74, 6) is 0. The van der Waals surface area contributed by atoms with Gasteiger partial charge in [-0.05, 0) is 44.5 Å². The second kappa shape index (κ2) is 5.29. The molecule has 0 fully saturated rings. The third-order valence-corrected chi connectivity index (χ3v) is 3.15. The molecular formula is C15H14ClN3. The van der Waals surface area contributed by atoms with Crippen LogP contribution in [0.2, 0.25) is 5.02 Å². The largest absolute Gasteiger partial charge is 0.353 e. The normalized spacial score (nSPS) is 10.1. The van der Waals surface area contributed by atoms with Gasteiger partial charge in [-0.25, -0.2) is 0 Å². The first-order valence-electron chi connectivity index (χ1n) is 5.93. The zero-order valence-electron chi connectivity index (χ0n) is 11.1. The van der Waals surface area contributed by atoms with Crippen LogP contribution in [0.25, 0.3) is 0 Å². The summed E-state index contributed by atoms with van der Waals surface area (Å²) in [5, 5.41) is 13.1. The first-order chi connectivity index (χ1) is 9.01. The fraction of sp³-hybridized carbons (Fsp3) is 0.200. The molecule has 0 radical (unpaired) electrons. The summed E-state index contributed by atoms with van der Waals surface area (Å²) in [6, 6.07) is 9.79. The molecule has 0 saturated heterocycles. The Bertz CT molecular complexity index is 672. The molecule has 2 aromatic rings. The summed E-state index contributed by atoms with van der Waals surface area (Å²) in [6.07, 6.45) is 0. The second-order valence-electron chi connectivity index (χ2n) is 4.49. The van der Waals surface area contributed by atoms with E-state index in [0.717, 1.165) is 22.6 Å². The molecule has 2 rings (SSSR count). The van der Waals surface area contributed by atoms with Gasteiger partial charge >= 0.3 is 0 Å². The first-order valence-corrected chi connectivity index (χ1v) is 6.30. The number of nitrogens with one attached hydrogen (secondary N) is 1. The summed E-state index contributed by atoms with van der Waals surface area (Å²) in [4.78, 5) is 4.29. The molecule has 1 N–H and O–H groups in total. The van der Waals surface area contributed by atoms with Crippen LogP contribution in [0.4, 0.5) is 11.4 Å². The number of halogens is 1. The minimum atomic E-state index is 0.544. The molecule has 0 amide bonds. The minimum absolute atomic E-state index is 0.544. The Morgan fingerprint density at radius 3 is 2.53 bits per heavy atom. The van der Waals surface area contributed by atoms with Gasteiger partial charge in [0.2, 0.25) is 0 Å². The van der Waals surface area contributed by atoms with Gasteiger partial charge in [0.25, 0.3) is 0 Å². The number of pyridine rings is 1. The van der Waals surface area contributed by atoms with Gasteiger partial charge in [0.1, 0.15) is 6.07 Å². The SMILES string of the molecule is Cc1ccc(Nc2cc(C)nc(C)c2C#N)c(Cl)c1. The van der Waals surface area contributed by atoms with Crippen LogP contribution in [-0.4, -0.2) is 4.98 Å². The van der Waals surface area contributed by atoms with Crippen molar-refractivity contribution in [3.05, 3.63) is 51.8 Å². The minimum Gasteiger partial charge on any atom is -0.353 e. The van der Waals surface area contributed by atoms with Crippen LogP contribution < -0.4 is 5.32 Å². The molecule has 96 valence electrons. The molecule has 0 aliphatic rings. The predicted octanol–water partition coefficient (Wildman–Crippen LogP) is 4.28. The number of hydrogen-bond acceptors (Lipinski definition) is 3. The third kappa shape index (κ3) is 2.86. The van der Waals surface area contributed by atoms with Crippen LogP contribution in [0, 0.1) is 32.1 Å². The molecule has 0 spiro atoms. The topological polar surface area (TPSA) is 48.7 Å². The Balaban J connectivity index is 2.46. The van der Waals surface area contributed by atoms with Crippen LogP contribution >= 0.6 is 11.6 Å². The van der Waals surface area contributed by atoms with Crippen LogP contribution in [0.1, 0.15) is 22.5 Å². The molecule has 19 heavy (non-hydrogen) atoms. The maximum absolute atomic E-state index is 9.22. The van der Waals surface area contributed by atoms with Crippen molar-refractivity contribution in [1.29, 1.82) is 5.26 Å². The van der Waals surface area contributed by atoms with Crippen LogP contribution in [-0.2, 0) is 0 Å². The number of anilines is 2. The molecule has 0 aliphatic carbocycles. The number of hydrogen-bond donors (Lipinski definition) is 1. The van der Waals surface area contributed by atoms with E-state index in [1.165, 1.54) is 0 Å². The average Bonchev–Trinajstić information content (AvgIpc) is 2.32. The van der Waals surface area contributed by atoms with Crippen molar-refractivity contribution < 1.29 is 0 Å². The van der Waals surface area contributed by atoms with E-state index in [1.807, 2.05) is 45.0 Å². The van der Waals surface area contributed by atoms with Crippen LogP contribution in [0.3, 0.4) is 0 Å². The summed E-state index contributed by atoms with van der Waals surface area (Å²) in [7, 11) is 0. The van der Waals surface area contributed by atoms with Gasteiger partial charge in [-0.15, -0.1) is 0 Å². The number of aryl methyl sites for hydroxylation is 3. The van der Waals surface area contributed by atoms with Crippen LogP contribution in [0.15, 0.2) is 24.3 Å². The van der Waals surface area contributed by atoms with E-state index in [-0.39, 0.29) is 0 Å². The van der Waals surface area contributed by atoms with Gasteiger partial charge in [-0.2, -0.15) is 5.26 Å². The predicted molar refractivity (Wildman–Crippen MR) is 77.9 cm³/mol. The fourth-order valence-electron chi connectivity index (χ4n) is 1.93. The van der Waals surface area contributed by atoms with E-state index >= 15 is 0 Å². The number of nitriles is 1. The monoisotopic (exact) mass is 271 g/mol. The lowest BCUT2D eigenvalue weighted by molar-refractivity contribution is 1.11. The smallest absolute Gasteiger partial charge is 0.103 e. The Labute approximate surface area is 117 Å². The number of aromatic nitrogens is 1. The van der Waals surface area contributed by atoms with Gasteiger partial charge in [0.05, 0.1) is 27.7 Å². The summed E-state index contributed by atoms with van der Waals surface area (Å²) in [5.41, 5.74) is 4.74. The van der Waals surface area contributed by atoms with Gasteiger partial charge in [-0.3, -0.25) is 4.98 Å². The summed E-state index contributed by atoms with van der Waals surface area (Å²) in [6.45, 7) is 5.71. The molecule has 4 heteroatoms. The van der Waals surface area contributed by atoms with Gasteiger partial charge in [0, 0.05) is 5.69 Å². The highest BCUT2D eigenvalue weighted by molar-refractivity contribution is 6.33. The quantitative estimate of drug-likeness (QED) is 0.887. The van der Waals surface area contributed by atoms with E-state index in [1.54, 1.807) is 0 Å². The fourth-order valence-corrected chi connectivity index (χ4v) is 2.22. The molecule has 1 aromatic carbocycles. The van der Waals surface area contributed by atoms with Crippen molar-refractivity contribution in [2.75, 3.05) is 5.32 Å². The first kappa shape index (κ1) is 13.4. The van der Waals surface area contributed by atoms with Gasteiger partial charge < -0.3 is 5.32 Å². The molecule has 0 atom stereocenters. The van der Waals surface area contributed by atoms with Crippen molar-refractivity contribution in [3.63, 3.8) is 0 Å². The molecule has 0 aliphatic heterocycles. The third-order valence-electron chi connectivity index (χ3n) is 2.83. The average molecular weight is 272 g/mol. The lowest BCUT2D eigenvalue weighted by atomic mass is 10.1.